The van der Waals surface area contributed by atoms with Gasteiger partial charge in [0.25, 0.3) is 5.91 Å². The number of hydrogen-bond donors (Lipinski definition) is 2. The number of carboxylic acid groups (broad SMARTS) is 1. The van der Waals surface area contributed by atoms with E-state index in [2.05, 4.69) is 5.32 Å². The Balaban J connectivity index is 2.76. The predicted octanol–water partition coefficient (Wildman–Crippen LogP) is 2.76. The van der Waals surface area contributed by atoms with Gasteiger partial charge in [-0.3, -0.25) is 9.59 Å². The topological polar surface area (TPSA) is 84.9 Å². The summed E-state index contributed by atoms with van der Waals surface area (Å²) in [6.07, 6.45) is -1.14. The van der Waals surface area contributed by atoms with Gasteiger partial charge in [0.05, 0.1) is 18.6 Å². The maximum Gasteiger partial charge on any atom is 0.305 e. The molecule has 8 heteroatoms. The number of carbonyl (C=O) groups is 2. The van der Waals surface area contributed by atoms with E-state index in [4.69, 9.17) is 37.8 Å². The molecule has 2 unspecified atom stereocenters. The quantitative estimate of drug-likeness (QED) is 0.741. The van der Waals surface area contributed by atoms with Crippen LogP contribution in [0, 0.1) is 0 Å². The second kappa shape index (κ2) is 8.38. The first kappa shape index (κ1) is 19.5. The zero-order chi connectivity index (χ0) is 17.6. The lowest BCUT2D eigenvalue weighted by Gasteiger charge is -2.30. The molecule has 1 rings (SSSR count). The van der Waals surface area contributed by atoms with Gasteiger partial charge in [0.1, 0.15) is 5.75 Å². The lowest BCUT2D eigenvalue weighted by molar-refractivity contribution is -0.140. The summed E-state index contributed by atoms with van der Waals surface area (Å²) in [5.74, 6) is -1.17. The molecule has 0 bridgehead atoms. The number of hydrogen-bond acceptors (Lipinski definition) is 4. The summed E-state index contributed by atoms with van der Waals surface area (Å²) in [7, 11) is 1.43. The highest BCUT2D eigenvalue weighted by molar-refractivity contribution is 6.34. The summed E-state index contributed by atoms with van der Waals surface area (Å²) in [5, 5.41) is 12.4. The lowest BCUT2D eigenvalue weighted by atomic mass is 9.98. The fourth-order valence-corrected chi connectivity index (χ4v) is 2.54. The molecule has 0 aliphatic rings. The van der Waals surface area contributed by atoms with Crippen molar-refractivity contribution in [3.63, 3.8) is 0 Å². The molecule has 0 heterocycles. The first-order valence-electron chi connectivity index (χ1n) is 6.81. The molecule has 0 spiro atoms. The van der Waals surface area contributed by atoms with Crippen molar-refractivity contribution in [1.82, 2.24) is 5.32 Å². The summed E-state index contributed by atoms with van der Waals surface area (Å²) in [6.45, 7) is 3.18. The highest BCUT2D eigenvalue weighted by Crippen LogP contribution is 2.25. The highest BCUT2D eigenvalue weighted by Gasteiger charge is 2.31. The van der Waals surface area contributed by atoms with Gasteiger partial charge in [-0.1, -0.05) is 23.2 Å². The second-order valence-corrected chi connectivity index (χ2v) is 6.29. The van der Waals surface area contributed by atoms with Crippen molar-refractivity contribution in [3.8, 4) is 5.75 Å². The normalized spacial score (nSPS) is 14.7. The minimum atomic E-state index is -1.04. The van der Waals surface area contributed by atoms with Crippen LogP contribution in [0.25, 0.3) is 0 Å². The van der Waals surface area contributed by atoms with E-state index < -0.39 is 23.5 Å². The Labute approximate surface area is 144 Å². The molecule has 0 saturated heterocycles. The van der Waals surface area contributed by atoms with Gasteiger partial charge in [0.15, 0.2) is 6.10 Å². The number of nitrogens with one attached hydrogen (secondary N) is 1. The van der Waals surface area contributed by atoms with Gasteiger partial charge in [-0.2, -0.15) is 0 Å². The summed E-state index contributed by atoms with van der Waals surface area (Å²) < 4.78 is 10.5. The van der Waals surface area contributed by atoms with E-state index >= 15 is 0 Å². The van der Waals surface area contributed by atoms with Gasteiger partial charge in [0, 0.05) is 17.2 Å². The maximum absolute atomic E-state index is 12.2. The molecule has 0 aliphatic carbocycles. The minimum absolute atomic E-state index is 0.0563. The molecule has 0 radical (unpaired) electrons. The number of amides is 1. The molecule has 128 valence electrons. The van der Waals surface area contributed by atoms with Crippen LogP contribution < -0.4 is 10.1 Å². The van der Waals surface area contributed by atoms with E-state index in [0.29, 0.717) is 15.8 Å². The third kappa shape index (κ3) is 6.64. The lowest BCUT2D eigenvalue weighted by Crippen LogP contribution is -2.54. The molecule has 1 aromatic rings. The largest absolute Gasteiger partial charge is 0.481 e. The molecule has 23 heavy (non-hydrogen) atoms. The molecule has 2 N–H and O–H groups in total. The zero-order valence-corrected chi connectivity index (χ0v) is 14.6. The van der Waals surface area contributed by atoms with Crippen LogP contribution in [0.3, 0.4) is 0 Å². The van der Waals surface area contributed by atoms with E-state index in [0.717, 1.165) is 0 Å². The van der Waals surface area contributed by atoms with Crippen molar-refractivity contribution < 1.29 is 24.2 Å². The van der Waals surface area contributed by atoms with Crippen molar-refractivity contribution in [2.75, 3.05) is 13.7 Å². The Hall–Kier alpha value is -1.50. The number of ether oxygens (including phenoxy) is 2. The van der Waals surface area contributed by atoms with Crippen LogP contribution in [0.5, 0.6) is 5.75 Å². The third-order valence-corrected chi connectivity index (χ3v) is 3.38. The molecule has 1 aromatic carbocycles. The van der Waals surface area contributed by atoms with Crippen molar-refractivity contribution in [2.24, 2.45) is 0 Å². The molecule has 1 amide bonds. The number of halogens is 2. The van der Waals surface area contributed by atoms with E-state index in [1.54, 1.807) is 13.0 Å². The number of methoxy groups -OCH3 is 1. The number of rotatable bonds is 8. The van der Waals surface area contributed by atoms with Gasteiger partial charge in [-0.05, 0) is 32.0 Å². The van der Waals surface area contributed by atoms with Crippen LogP contribution in [-0.2, 0) is 14.3 Å². The number of aliphatic carboxylic acids is 1. The van der Waals surface area contributed by atoms with Crippen LogP contribution in [-0.4, -0.2) is 42.3 Å². The summed E-state index contributed by atoms with van der Waals surface area (Å²) in [4.78, 5) is 23.2. The molecule has 0 aliphatic heterocycles. The van der Waals surface area contributed by atoms with Gasteiger partial charge < -0.3 is 19.9 Å². The zero-order valence-electron chi connectivity index (χ0n) is 13.1. The van der Waals surface area contributed by atoms with Gasteiger partial charge in [0.2, 0.25) is 0 Å². The SMILES string of the molecule is COCC(C)(CC(=O)O)NC(=O)C(C)Oc1cc(Cl)cc(Cl)c1. The maximum atomic E-state index is 12.2. The van der Waals surface area contributed by atoms with Crippen LogP contribution in [0.15, 0.2) is 18.2 Å². The van der Waals surface area contributed by atoms with Crippen molar-refractivity contribution in [1.29, 1.82) is 0 Å². The van der Waals surface area contributed by atoms with Crippen molar-refractivity contribution in [2.45, 2.75) is 31.9 Å². The number of carboxylic acids is 1. The van der Waals surface area contributed by atoms with Gasteiger partial charge in [-0.15, -0.1) is 0 Å². The van der Waals surface area contributed by atoms with Crippen LogP contribution in [0.1, 0.15) is 20.3 Å². The van der Waals surface area contributed by atoms with Crippen molar-refractivity contribution >= 4 is 35.1 Å². The molecule has 6 nitrogen and oxygen atoms in total. The Bertz CT molecular complexity index is 561. The first-order chi connectivity index (χ1) is 10.6. The van der Waals surface area contributed by atoms with E-state index in [9.17, 15) is 9.59 Å². The average Bonchev–Trinajstić information content (AvgIpc) is 2.35. The summed E-state index contributed by atoms with van der Waals surface area (Å²) in [6, 6.07) is 4.61. The molecule has 0 saturated carbocycles. The Kier molecular flexibility index (Phi) is 7.12. The van der Waals surface area contributed by atoms with Crippen LogP contribution >= 0.6 is 23.2 Å². The van der Waals surface area contributed by atoms with Crippen LogP contribution in [0.4, 0.5) is 0 Å². The Morgan fingerprint density at radius 2 is 1.87 bits per heavy atom. The number of benzene rings is 1. The van der Waals surface area contributed by atoms with Gasteiger partial charge in [-0.25, -0.2) is 0 Å². The molecule has 2 atom stereocenters. The monoisotopic (exact) mass is 363 g/mol. The molecule has 0 aromatic heterocycles. The molecule has 0 fully saturated rings. The first-order valence-corrected chi connectivity index (χ1v) is 7.56. The molecular formula is C15H19Cl2NO5. The Morgan fingerprint density at radius 1 is 1.30 bits per heavy atom. The molecular weight excluding hydrogens is 345 g/mol. The second-order valence-electron chi connectivity index (χ2n) is 5.42. The standard InChI is InChI=1S/C15H19Cl2NO5/c1-9(23-12-5-10(16)4-11(17)6-12)14(21)18-15(2,8-22-3)7-13(19)20/h4-6,9H,7-8H2,1-3H3,(H,18,21)(H,19,20). The fraction of sp³-hybridized carbons (Fsp3) is 0.467. The number of carbonyl (C=O) groups excluding carboxylic acids is 1. The summed E-state index contributed by atoms with van der Waals surface area (Å²) >= 11 is 11.7. The van der Waals surface area contributed by atoms with Crippen LogP contribution in [0.2, 0.25) is 10.0 Å². The van der Waals surface area contributed by atoms with Crippen molar-refractivity contribution in [3.05, 3.63) is 28.2 Å². The average molecular weight is 364 g/mol. The third-order valence-electron chi connectivity index (χ3n) is 2.95. The minimum Gasteiger partial charge on any atom is -0.481 e. The smallest absolute Gasteiger partial charge is 0.305 e. The fourth-order valence-electron chi connectivity index (χ4n) is 2.04. The summed E-state index contributed by atoms with van der Waals surface area (Å²) in [5.41, 5.74) is -1.04. The van der Waals surface area contributed by atoms with E-state index in [1.807, 2.05) is 0 Å². The van der Waals surface area contributed by atoms with E-state index in [1.165, 1.54) is 26.2 Å². The van der Waals surface area contributed by atoms with E-state index in [-0.39, 0.29) is 13.0 Å². The predicted molar refractivity (Wildman–Crippen MR) is 87.2 cm³/mol. The Morgan fingerprint density at radius 3 is 2.35 bits per heavy atom. The van der Waals surface area contributed by atoms with Gasteiger partial charge >= 0.3 is 5.97 Å². The highest BCUT2D eigenvalue weighted by atomic mass is 35.5.